The van der Waals surface area contributed by atoms with Gasteiger partial charge in [0.05, 0.1) is 0 Å². The number of hydrogen-bond acceptors (Lipinski definition) is 1. The first-order valence-electron chi connectivity index (χ1n) is 5.59. The van der Waals surface area contributed by atoms with E-state index in [9.17, 15) is 4.39 Å². The molecule has 0 radical (unpaired) electrons. The smallest absolute Gasteiger partial charge is 0.123 e. The number of aliphatic hydroxyl groups is 1. The zero-order chi connectivity index (χ0) is 10.7. The van der Waals surface area contributed by atoms with Crippen molar-refractivity contribution < 1.29 is 9.50 Å². The summed E-state index contributed by atoms with van der Waals surface area (Å²) >= 11 is 0. The first-order chi connectivity index (χ1) is 7.24. The molecular weight excluding hydrogens is 191 g/mol. The molecule has 0 aromatic heterocycles. The fourth-order valence-corrected chi connectivity index (χ4v) is 1.98. The van der Waals surface area contributed by atoms with Crippen LogP contribution in [-0.2, 0) is 6.42 Å². The highest BCUT2D eigenvalue weighted by atomic mass is 19.1. The fraction of sp³-hybridized carbons (Fsp3) is 0.538. The lowest BCUT2D eigenvalue weighted by atomic mass is 9.98. The maximum absolute atomic E-state index is 12.6. The second-order valence-corrected chi connectivity index (χ2v) is 4.64. The highest BCUT2D eigenvalue weighted by Gasteiger charge is 2.40. The first kappa shape index (κ1) is 10.6. The summed E-state index contributed by atoms with van der Waals surface area (Å²) < 4.78 is 12.6. The molecule has 1 aliphatic carbocycles. The van der Waals surface area contributed by atoms with Crippen molar-refractivity contribution >= 4 is 0 Å². The van der Waals surface area contributed by atoms with Crippen LogP contribution in [-0.4, -0.2) is 11.7 Å². The van der Waals surface area contributed by atoms with E-state index in [2.05, 4.69) is 0 Å². The normalized spacial score (nSPS) is 17.7. The zero-order valence-corrected chi connectivity index (χ0v) is 8.88. The van der Waals surface area contributed by atoms with Crippen molar-refractivity contribution in [3.63, 3.8) is 0 Å². The lowest BCUT2D eigenvalue weighted by molar-refractivity contribution is 0.201. The second kappa shape index (κ2) is 4.31. The van der Waals surface area contributed by atoms with Gasteiger partial charge in [-0.1, -0.05) is 12.1 Å². The molecule has 82 valence electrons. The number of halogens is 1. The van der Waals surface area contributed by atoms with Crippen LogP contribution in [0.25, 0.3) is 0 Å². The predicted molar refractivity (Wildman–Crippen MR) is 58.1 cm³/mol. The van der Waals surface area contributed by atoms with Crippen LogP contribution in [0.4, 0.5) is 4.39 Å². The predicted octanol–water partition coefficient (Wildman–Crippen LogP) is 2.92. The summed E-state index contributed by atoms with van der Waals surface area (Å²) in [7, 11) is 0. The van der Waals surface area contributed by atoms with Gasteiger partial charge in [0.1, 0.15) is 5.82 Å². The molecule has 0 saturated heterocycles. The van der Waals surface area contributed by atoms with E-state index in [1.54, 1.807) is 0 Å². The van der Waals surface area contributed by atoms with Gasteiger partial charge in [-0.3, -0.25) is 0 Å². The van der Waals surface area contributed by atoms with Gasteiger partial charge in [-0.15, -0.1) is 0 Å². The molecule has 1 fully saturated rings. The van der Waals surface area contributed by atoms with Crippen molar-refractivity contribution in [1.82, 2.24) is 0 Å². The molecule has 0 unspecified atom stereocenters. The van der Waals surface area contributed by atoms with Crippen LogP contribution in [0.2, 0.25) is 0 Å². The number of aliphatic hydroxyl groups excluding tert-OH is 1. The number of aryl methyl sites for hydroxylation is 1. The third-order valence-corrected chi connectivity index (χ3v) is 3.38. The highest BCUT2D eigenvalue weighted by Crippen LogP contribution is 2.49. The Kier molecular flexibility index (Phi) is 3.06. The summed E-state index contributed by atoms with van der Waals surface area (Å²) in [4.78, 5) is 0. The van der Waals surface area contributed by atoms with Crippen molar-refractivity contribution in [2.24, 2.45) is 5.41 Å². The largest absolute Gasteiger partial charge is 0.396 e. The van der Waals surface area contributed by atoms with E-state index in [0.717, 1.165) is 19.3 Å². The minimum atomic E-state index is -0.173. The number of hydrogen-bond donors (Lipinski definition) is 1. The maximum Gasteiger partial charge on any atom is 0.123 e. The highest BCUT2D eigenvalue weighted by molar-refractivity contribution is 5.16. The summed E-state index contributed by atoms with van der Waals surface area (Å²) in [6.45, 7) is 0.330. The summed E-state index contributed by atoms with van der Waals surface area (Å²) in [6, 6.07) is 6.70. The molecule has 0 amide bonds. The SMILES string of the molecule is OCC1(CCCc2ccc(F)cc2)CC1. The molecule has 2 rings (SSSR count). The van der Waals surface area contributed by atoms with Crippen molar-refractivity contribution in [3.05, 3.63) is 35.6 Å². The molecule has 2 heteroatoms. The van der Waals surface area contributed by atoms with Gasteiger partial charge in [0.25, 0.3) is 0 Å². The Hall–Kier alpha value is -0.890. The van der Waals surface area contributed by atoms with E-state index >= 15 is 0 Å². The Labute approximate surface area is 89.9 Å². The minimum Gasteiger partial charge on any atom is -0.396 e. The lowest BCUT2D eigenvalue weighted by Gasteiger charge is -2.10. The van der Waals surface area contributed by atoms with Crippen LogP contribution in [0.1, 0.15) is 31.2 Å². The maximum atomic E-state index is 12.6. The molecular formula is C13H17FO. The summed E-state index contributed by atoms with van der Waals surface area (Å²) in [5, 5.41) is 9.14. The fourth-order valence-electron chi connectivity index (χ4n) is 1.98. The molecule has 1 nitrogen and oxygen atoms in total. The number of benzene rings is 1. The van der Waals surface area contributed by atoms with Crippen molar-refractivity contribution in [2.45, 2.75) is 32.1 Å². The molecule has 1 saturated carbocycles. The lowest BCUT2D eigenvalue weighted by Crippen LogP contribution is -2.06. The van der Waals surface area contributed by atoms with E-state index in [4.69, 9.17) is 5.11 Å². The van der Waals surface area contributed by atoms with Gasteiger partial charge in [0, 0.05) is 6.61 Å². The Bertz CT molecular complexity index is 314. The number of rotatable bonds is 5. The topological polar surface area (TPSA) is 20.2 Å². The van der Waals surface area contributed by atoms with Crippen LogP contribution in [0.5, 0.6) is 0 Å². The molecule has 1 N–H and O–H groups in total. The Morgan fingerprint density at radius 2 is 1.87 bits per heavy atom. The van der Waals surface area contributed by atoms with Gasteiger partial charge >= 0.3 is 0 Å². The second-order valence-electron chi connectivity index (χ2n) is 4.64. The zero-order valence-electron chi connectivity index (χ0n) is 8.88. The molecule has 1 aromatic carbocycles. The summed E-state index contributed by atoms with van der Waals surface area (Å²) in [5.41, 5.74) is 1.44. The van der Waals surface area contributed by atoms with Gasteiger partial charge < -0.3 is 5.11 Å². The Balaban J connectivity index is 1.76. The quantitative estimate of drug-likeness (QED) is 0.788. The monoisotopic (exact) mass is 208 g/mol. The third-order valence-electron chi connectivity index (χ3n) is 3.38. The van der Waals surface area contributed by atoms with E-state index < -0.39 is 0 Å². The van der Waals surface area contributed by atoms with Crippen LogP contribution < -0.4 is 0 Å². The van der Waals surface area contributed by atoms with Crippen LogP contribution in [0.15, 0.2) is 24.3 Å². The van der Waals surface area contributed by atoms with Crippen molar-refractivity contribution in [1.29, 1.82) is 0 Å². The Morgan fingerprint density at radius 3 is 2.40 bits per heavy atom. The molecule has 0 heterocycles. The van der Waals surface area contributed by atoms with E-state index in [-0.39, 0.29) is 11.2 Å². The first-order valence-corrected chi connectivity index (χ1v) is 5.59. The molecule has 0 atom stereocenters. The summed E-state index contributed by atoms with van der Waals surface area (Å²) in [5.74, 6) is -0.173. The van der Waals surface area contributed by atoms with Gasteiger partial charge in [-0.05, 0) is 55.2 Å². The summed E-state index contributed by atoms with van der Waals surface area (Å²) in [6.07, 6.45) is 5.52. The van der Waals surface area contributed by atoms with Crippen LogP contribution in [0, 0.1) is 11.2 Å². The van der Waals surface area contributed by atoms with Crippen molar-refractivity contribution in [2.75, 3.05) is 6.61 Å². The molecule has 0 spiro atoms. The minimum absolute atomic E-state index is 0.173. The van der Waals surface area contributed by atoms with Gasteiger partial charge in [-0.25, -0.2) is 4.39 Å². The molecule has 1 aliphatic rings. The average Bonchev–Trinajstić information content (AvgIpc) is 3.02. The van der Waals surface area contributed by atoms with Crippen LogP contribution >= 0.6 is 0 Å². The van der Waals surface area contributed by atoms with E-state index in [0.29, 0.717) is 6.61 Å². The Morgan fingerprint density at radius 1 is 1.20 bits per heavy atom. The van der Waals surface area contributed by atoms with E-state index in [1.807, 2.05) is 12.1 Å². The molecule has 1 aromatic rings. The third kappa shape index (κ3) is 2.78. The molecule has 0 aliphatic heterocycles. The van der Waals surface area contributed by atoms with Crippen molar-refractivity contribution in [3.8, 4) is 0 Å². The standard InChI is InChI=1S/C13H17FO/c14-12-5-3-11(4-6-12)2-1-7-13(10-15)8-9-13/h3-6,15H,1-2,7-10H2. The van der Waals surface area contributed by atoms with E-state index in [1.165, 1.54) is 30.5 Å². The van der Waals surface area contributed by atoms with Gasteiger partial charge in [0.15, 0.2) is 0 Å². The van der Waals surface area contributed by atoms with Gasteiger partial charge in [0.2, 0.25) is 0 Å². The molecule has 0 bridgehead atoms. The van der Waals surface area contributed by atoms with Crippen LogP contribution in [0.3, 0.4) is 0 Å². The molecule has 15 heavy (non-hydrogen) atoms. The van der Waals surface area contributed by atoms with Gasteiger partial charge in [-0.2, -0.15) is 0 Å². The average molecular weight is 208 g/mol.